The van der Waals surface area contributed by atoms with Crippen molar-refractivity contribution in [3.8, 4) is 22.4 Å². The van der Waals surface area contributed by atoms with Gasteiger partial charge in [-0.05, 0) is 57.4 Å². The molecule has 3 atom stereocenters. The summed E-state index contributed by atoms with van der Waals surface area (Å²) in [5, 5.41) is 7.68. The predicted octanol–water partition coefficient (Wildman–Crippen LogP) is 5.36. The summed E-state index contributed by atoms with van der Waals surface area (Å²) in [6.45, 7) is 2.63. The SMILES string of the molecule is CCNC(=O)N1[C@@H]2CC[C@H]1C[C@@H](c1nc3c(-c4ccc(-c5ccccc5)nc4)cnn3c(N)c1C1CC1)C2. The van der Waals surface area contributed by atoms with E-state index >= 15 is 0 Å². The zero-order chi connectivity index (χ0) is 25.8. The van der Waals surface area contributed by atoms with E-state index in [-0.39, 0.29) is 18.1 Å². The van der Waals surface area contributed by atoms with Gasteiger partial charge in [-0.25, -0.2) is 9.78 Å². The molecule has 38 heavy (non-hydrogen) atoms. The van der Waals surface area contributed by atoms with Crippen molar-refractivity contribution in [2.45, 2.75) is 69.4 Å². The Labute approximate surface area is 222 Å². The van der Waals surface area contributed by atoms with Crippen molar-refractivity contribution in [2.75, 3.05) is 12.3 Å². The molecule has 4 aromatic rings. The van der Waals surface area contributed by atoms with Gasteiger partial charge in [0.15, 0.2) is 5.65 Å². The third-order valence-electron chi connectivity index (χ3n) is 8.56. The second-order valence-electron chi connectivity index (χ2n) is 11.0. The number of hydrogen-bond acceptors (Lipinski definition) is 5. The first-order valence-corrected chi connectivity index (χ1v) is 13.9. The number of carbonyl (C=O) groups excluding carboxylic acids is 1. The van der Waals surface area contributed by atoms with Crippen LogP contribution in [0.25, 0.3) is 28.0 Å². The van der Waals surface area contributed by atoms with Crippen molar-refractivity contribution in [3.63, 3.8) is 0 Å². The summed E-state index contributed by atoms with van der Waals surface area (Å²) in [5.41, 5.74) is 13.9. The molecule has 3 fully saturated rings. The van der Waals surface area contributed by atoms with E-state index in [2.05, 4.69) is 33.5 Å². The lowest BCUT2D eigenvalue weighted by Crippen LogP contribution is -2.50. The number of rotatable bonds is 5. The van der Waals surface area contributed by atoms with E-state index in [4.69, 9.17) is 15.7 Å². The van der Waals surface area contributed by atoms with Gasteiger partial charge in [-0.3, -0.25) is 4.98 Å². The summed E-state index contributed by atoms with van der Waals surface area (Å²) in [4.78, 5) is 24.9. The molecule has 2 bridgehead atoms. The molecule has 8 heteroatoms. The number of nitrogen functional groups attached to an aromatic ring is 1. The molecule has 5 heterocycles. The van der Waals surface area contributed by atoms with Crippen LogP contribution in [0.4, 0.5) is 10.6 Å². The molecule has 1 aromatic carbocycles. The molecule has 1 saturated carbocycles. The van der Waals surface area contributed by atoms with Crippen LogP contribution in [-0.2, 0) is 0 Å². The third kappa shape index (κ3) is 3.81. The summed E-state index contributed by atoms with van der Waals surface area (Å²) in [6.07, 6.45) is 10.1. The monoisotopic (exact) mass is 507 g/mol. The summed E-state index contributed by atoms with van der Waals surface area (Å²) < 4.78 is 1.82. The summed E-state index contributed by atoms with van der Waals surface area (Å²) >= 11 is 0. The number of aromatic nitrogens is 4. The zero-order valence-electron chi connectivity index (χ0n) is 21.7. The number of fused-ring (bicyclic) bond motifs is 3. The van der Waals surface area contributed by atoms with Crippen LogP contribution in [0.1, 0.15) is 68.5 Å². The molecular formula is C30H33N7O. The zero-order valence-corrected chi connectivity index (χ0v) is 21.7. The van der Waals surface area contributed by atoms with Crippen molar-refractivity contribution >= 4 is 17.5 Å². The number of benzene rings is 1. The van der Waals surface area contributed by atoms with Crippen LogP contribution in [-0.4, -0.2) is 49.1 Å². The van der Waals surface area contributed by atoms with E-state index in [1.54, 1.807) is 0 Å². The van der Waals surface area contributed by atoms with Gasteiger partial charge in [-0.15, -0.1) is 0 Å². The van der Waals surface area contributed by atoms with E-state index in [1.807, 2.05) is 48.1 Å². The Morgan fingerprint density at radius 1 is 0.974 bits per heavy atom. The number of nitrogens with zero attached hydrogens (tertiary/aromatic N) is 5. The topological polar surface area (TPSA) is 101 Å². The fourth-order valence-electron chi connectivity index (χ4n) is 6.66. The summed E-state index contributed by atoms with van der Waals surface area (Å²) in [6, 6.07) is 14.9. The lowest BCUT2D eigenvalue weighted by molar-refractivity contribution is 0.138. The largest absolute Gasteiger partial charge is 0.383 e. The number of hydrogen-bond donors (Lipinski definition) is 2. The molecule has 0 unspecified atom stereocenters. The highest BCUT2D eigenvalue weighted by atomic mass is 16.2. The van der Waals surface area contributed by atoms with Crippen LogP contribution in [0.5, 0.6) is 0 Å². The maximum absolute atomic E-state index is 12.8. The second-order valence-corrected chi connectivity index (χ2v) is 11.0. The molecule has 8 nitrogen and oxygen atoms in total. The highest BCUT2D eigenvalue weighted by molar-refractivity contribution is 5.79. The number of pyridine rings is 1. The van der Waals surface area contributed by atoms with Crippen molar-refractivity contribution in [2.24, 2.45) is 0 Å². The summed E-state index contributed by atoms with van der Waals surface area (Å²) in [7, 11) is 0. The predicted molar refractivity (Wildman–Crippen MR) is 148 cm³/mol. The standard InChI is InChI=1S/C30H33N7O/c1-2-32-30(38)36-22-11-12-23(36)15-21(14-22)27-26(19-8-9-19)28(31)37-29(35-27)24(17-34-37)20-10-13-25(33-16-20)18-6-4-3-5-7-18/h3-7,10,13,16-17,19,21-23H,2,8-9,11-12,14-15,31H2,1H3,(H,32,38)/t21-,22+,23-. The highest BCUT2D eigenvalue weighted by Crippen LogP contribution is 2.50. The number of piperidine rings is 1. The Balaban J connectivity index is 1.26. The molecule has 3 aliphatic rings. The maximum atomic E-state index is 12.8. The fourth-order valence-corrected chi connectivity index (χ4v) is 6.66. The fraction of sp³-hybridized carbons (Fsp3) is 0.400. The molecule has 194 valence electrons. The van der Waals surface area contributed by atoms with Gasteiger partial charge in [0.25, 0.3) is 0 Å². The molecule has 3 aromatic heterocycles. The third-order valence-corrected chi connectivity index (χ3v) is 8.56. The van der Waals surface area contributed by atoms with Gasteiger partial charge < -0.3 is 16.0 Å². The Morgan fingerprint density at radius 2 is 1.74 bits per heavy atom. The van der Waals surface area contributed by atoms with Gasteiger partial charge in [0.05, 0.1) is 17.6 Å². The Bertz CT molecular complexity index is 1480. The minimum Gasteiger partial charge on any atom is -0.383 e. The molecule has 0 radical (unpaired) electrons. The Kier molecular flexibility index (Phi) is 5.56. The number of urea groups is 1. The van der Waals surface area contributed by atoms with Crippen LogP contribution in [0.3, 0.4) is 0 Å². The van der Waals surface area contributed by atoms with E-state index in [0.717, 1.165) is 72.3 Å². The lowest BCUT2D eigenvalue weighted by atomic mass is 9.85. The van der Waals surface area contributed by atoms with E-state index in [0.29, 0.717) is 24.2 Å². The molecule has 0 spiro atoms. The van der Waals surface area contributed by atoms with Gasteiger partial charge in [-0.1, -0.05) is 36.4 Å². The number of carbonyl (C=O) groups is 1. The van der Waals surface area contributed by atoms with Crippen molar-refractivity contribution in [1.82, 2.24) is 29.8 Å². The molecule has 1 aliphatic carbocycles. The first-order chi connectivity index (χ1) is 18.6. The van der Waals surface area contributed by atoms with Crippen LogP contribution >= 0.6 is 0 Å². The maximum Gasteiger partial charge on any atom is 0.317 e. The highest BCUT2D eigenvalue weighted by Gasteiger charge is 2.45. The van der Waals surface area contributed by atoms with E-state index in [1.165, 1.54) is 5.56 Å². The average molecular weight is 508 g/mol. The molecule has 2 saturated heterocycles. The minimum absolute atomic E-state index is 0.0771. The van der Waals surface area contributed by atoms with Crippen LogP contribution in [0, 0.1) is 0 Å². The quantitative estimate of drug-likeness (QED) is 0.379. The van der Waals surface area contributed by atoms with Crippen LogP contribution in [0.2, 0.25) is 0 Å². The van der Waals surface area contributed by atoms with Gasteiger partial charge in [0, 0.05) is 53.0 Å². The Hall–Kier alpha value is -3.94. The molecule has 2 aliphatic heterocycles. The van der Waals surface area contributed by atoms with Gasteiger partial charge in [-0.2, -0.15) is 9.61 Å². The Morgan fingerprint density at radius 3 is 2.39 bits per heavy atom. The number of amides is 2. The van der Waals surface area contributed by atoms with E-state index < -0.39 is 0 Å². The van der Waals surface area contributed by atoms with Crippen LogP contribution in [0.15, 0.2) is 54.9 Å². The normalized spacial score (nSPS) is 22.7. The average Bonchev–Trinajstić information content (AvgIpc) is 3.63. The van der Waals surface area contributed by atoms with Crippen molar-refractivity contribution < 1.29 is 4.79 Å². The summed E-state index contributed by atoms with van der Waals surface area (Å²) in [5.74, 6) is 1.47. The van der Waals surface area contributed by atoms with Crippen molar-refractivity contribution in [1.29, 1.82) is 0 Å². The second kappa shape index (κ2) is 9.11. The lowest BCUT2D eigenvalue weighted by Gasteiger charge is -2.39. The first kappa shape index (κ1) is 23.2. The van der Waals surface area contributed by atoms with Gasteiger partial charge in [0.2, 0.25) is 0 Å². The number of nitrogens with one attached hydrogen (secondary N) is 1. The minimum atomic E-state index is 0.0771. The van der Waals surface area contributed by atoms with Crippen LogP contribution < -0.4 is 11.1 Å². The molecule has 3 N–H and O–H groups in total. The number of anilines is 1. The number of nitrogens with two attached hydrogens (primary N) is 1. The van der Waals surface area contributed by atoms with E-state index in [9.17, 15) is 4.79 Å². The molecular weight excluding hydrogens is 474 g/mol. The van der Waals surface area contributed by atoms with Crippen molar-refractivity contribution in [3.05, 3.63) is 66.1 Å². The first-order valence-electron chi connectivity index (χ1n) is 13.9. The van der Waals surface area contributed by atoms with Gasteiger partial charge in [0.1, 0.15) is 5.82 Å². The molecule has 2 amide bonds. The molecule has 7 rings (SSSR count). The smallest absolute Gasteiger partial charge is 0.317 e. The van der Waals surface area contributed by atoms with Gasteiger partial charge >= 0.3 is 6.03 Å².